The lowest BCUT2D eigenvalue weighted by atomic mass is 10.0. The molecule has 114 valence electrons. The van der Waals surface area contributed by atoms with E-state index in [2.05, 4.69) is 76.1 Å². The Morgan fingerprint density at radius 2 is 1.60 bits per heavy atom. The van der Waals surface area contributed by atoms with Crippen LogP contribution < -0.4 is 5.32 Å². The quantitative estimate of drug-likeness (QED) is 0.770. The monoisotopic (exact) mass is 276 g/mol. The van der Waals surface area contributed by atoms with Gasteiger partial charge in [-0.3, -0.25) is 4.90 Å². The number of benzene rings is 1. The smallest absolute Gasteiger partial charge is 0.0236 e. The number of hydrogen-bond acceptors (Lipinski definition) is 2. The van der Waals surface area contributed by atoms with Gasteiger partial charge < -0.3 is 5.32 Å². The van der Waals surface area contributed by atoms with Crippen LogP contribution in [0.5, 0.6) is 0 Å². The molecule has 1 unspecified atom stereocenters. The molecule has 0 spiro atoms. The zero-order chi connectivity index (χ0) is 15.1. The molecule has 1 aromatic rings. The third-order valence-corrected chi connectivity index (χ3v) is 3.80. The first-order chi connectivity index (χ1) is 9.40. The highest BCUT2D eigenvalue weighted by Crippen LogP contribution is 2.16. The highest BCUT2D eigenvalue weighted by atomic mass is 15.1. The van der Waals surface area contributed by atoms with E-state index in [1.807, 2.05) is 0 Å². The summed E-state index contributed by atoms with van der Waals surface area (Å²) in [5, 5.41) is 3.52. The van der Waals surface area contributed by atoms with Crippen molar-refractivity contribution < 1.29 is 0 Å². The molecular weight excluding hydrogens is 244 g/mol. The maximum Gasteiger partial charge on any atom is 0.0236 e. The summed E-state index contributed by atoms with van der Waals surface area (Å²) in [6.07, 6.45) is 1.25. The molecule has 0 amide bonds. The van der Waals surface area contributed by atoms with E-state index in [-0.39, 0.29) is 0 Å². The second-order valence-electron chi connectivity index (χ2n) is 6.70. The molecule has 0 aliphatic carbocycles. The average molecular weight is 276 g/mol. The van der Waals surface area contributed by atoms with Crippen LogP contribution in [0.15, 0.2) is 24.3 Å². The largest absolute Gasteiger partial charge is 0.310 e. The van der Waals surface area contributed by atoms with E-state index in [0.717, 1.165) is 19.0 Å². The SMILES string of the molecule is CC(C)CC(C)N(C)Cc1ccccc1CNC(C)C. The predicted molar refractivity (Wildman–Crippen MR) is 88.8 cm³/mol. The molecule has 1 rings (SSSR count). The minimum absolute atomic E-state index is 0.528. The van der Waals surface area contributed by atoms with Crippen LogP contribution in [0.1, 0.15) is 52.2 Å². The highest BCUT2D eigenvalue weighted by molar-refractivity contribution is 5.27. The third kappa shape index (κ3) is 6.06. The van der Waals surface area contributed by atoms with Gasteiger partial charge in [-0.1, -0.05) is 52.0 Å². The van der Waals surface area contributed by atoms with Gasteiger partial charge in [0.15, 0.2) is 0 Å². The fourth-order valence-electron chi connectivity index (χ4n) is 2.48. The van der Waals surface area contributed by atoms with Crippen molar-refractivity contribution in [2.24, 2.45) is 5.92 Å². The number of nitrogens with one attached hydrogen (secondary N) is 1. The van der Waals surface area contributed by atoms with Gasteiger partial charge in [0.2, 0.25) is 0 Å². The molecule has 1 aromatic carbocycles. The number of hydrogen-bond donors (Lipinski definition) is 1. The first kappa shape index (κ1) is 17.2. The molecule has 20 heavy (non-hydrogen) atoms. The molecule has 2 heteroatoms. The van der Waals surface area contributed by atoms with E-state index < -0.39 is 0 Å². The fourth-order valence-corrected chi connectivity index (χ4v) is 2.48. The van der Waals surface area contributed by atoms with E-state index in [1.54, 1.807) is 0 Å². The second-order valence-corrected chi connectivity index (χ2v) is 6.70. The minimum Gasteiger partial charge on any atom is -0.310 e. The Bertz CT molecular complexity index is 385. The van der Waals surface area contributed by atoms with Crippen molar-refractivity contribution in [3.05, 3.63) is 35.4 Å². The maximum absolute atomic E-state index is 3.52. The van der Waals surface area contributed by atoms with Crippen LogP contribution in [0, 0.1) is 5.92 Å². The molecular formula is C18H32N2. The molecule has 0 aliphatic heterocycles. The Balaban J connectivity index is 2.66. The molecule has 0 heterocycles. The molecule has 0 bridgehead atoms. The van der Waals surface area contributed by atoms with Gasteiger partial charge in [0.1, 0.15) is 0 Å². The highest BCUT2D eigenvalue weighted by Gasteiger charge is 2.13. The van der Waals surface area contributed by atoms with Crippen LogP contribution in [0.25, 0.3) is 0 Å². The van der Waals surface area contributed by atoms with E-state index in [9.17, 15) is 0 Å². The number of nitrogens with zero attached hydrogens (tertiary/aromatic N) is 1. The Morgan fingerprint density at radius 1 is 1.00 bits per heavy atom. The van der Waals surface area contributed by atoms with Crippen molar-refractivity contribution in [1.29, 1.82) is 0 Å². The molecule has 0 saturated heterocycles. The van der Waals surface area contributed by atoms with E-state index >= 15 is 0 Å². The van der Waals surface area contributed by atoms with Gasteiger partial charge in [-0.15, -0.1) is 0 Å². The summed E-state index contributed by atoms with van der Waals surface area (Å²) in [5.74, 6) is 0.755. The lowest BCUT2D eigenvalue weighted by molar-refractivity contribution is 0.220. The second kappa shape index (κ2) is 8.43. The summed E-state index contributed by atoms with van der Waals surface area (Å²) >= 11 is 0. The van der Waals surface area contributed by atoms with Crippen LogP contribution in [-0.4, -0.2) is 24.0 Å². The van der Waals surface area contributed by atoms with Crippen molar-refractivity contribution in [1.82, 2.24) is 10.2 Å². The summed E-state index contributed by atoms with van der Waals surface area (Å²) < 4.78 is 0. The van der Waals surface area contributed by atoms with Crippen molar-refractivity contribution in [2.75, 3.05) is 7.05 Å². The zero-order valence-electron chi connectivity index (χ0n) is 14.1. The van der Waals surface area contributed by atoms with Gasteiger partial charge in [-0.2, -0.15) is 0 Å². The van der Waals surface area contributed by atoms with Crippen molar-refractivity contribution in [3.63, 3.8) is 0 Å². The Morgan fingerprint density at radius 3 is 2.15 bits per heavy atom. The Kier molecular flexibility index (Phi) is 7.25. The topological polar surface area (TPSA) is 15.3 Å². The minimum atomic E-state index is 0.528. The summed E-state index contributed by atoms with van der Waals surface area (Å²) in [6.45, 7) is 13.3. The fraction of sp³-hybridized carbons (Fsp3) is 0.667. The molecule has 2 nitrogen and oxygen atoms in total. The molecule has 0 aromatic heterocycles. The Hall–Kier alpha value is -0.860. The molecule has 0 aliphatic rings. The van der Waals surface area contributed by atoms with Crippen molar-refractivity contribution in [3.8, 4) is 0 Å². The van der Waals surface area contributed by atoms with Gasteiger partial charge in [-0.05, 0) is 37.4 Å². The summed E-state index contributed by atoms with van der Waals surface area (Å²) in [7, 11) is 2.24. The first-order valence-electron chi connectivity index (χ1n) is 7.90. The molecule has 1 N–H and O–H groups in total. The third-order valence-electron chi connectivity index (χ3n) is 3.80. The average Bonchev–Trinajstić information content (AvgIpc) is 2.36. The maximum atomic E-state index is 3.52. The van der Waals surface area contributed by atoms with Crippen LogP contribution in [0.2, 0.25) is 0 Å². The van der Waals surface area contributed by atoms with Gasteiger partial charge in [0.05, 0.1) is 0 Å². The lowest BCUT2D eigenvalue weighted by Crippen LogP contribution is -2.30. The summed E-state index contributed by atoms with van der Waals surface area (Å²) in [6, 6.07) is 9.94. The Labute approximate surface area is 125 Å². The summed E-state index contributed by atoms with van der Waals surface area (Å²) in [5.41, 5.74) is 2.86. The van der Waals surface area contributed by atoms with Gasteiger partial charge >= 0.3 is 0 Å². The summed E-state index contributed by atoms with van der Waals surface area (Å²) in [4.78, 5) is 2.47. The van der Waals surface area contributed by atoms with Crippen LogP contribution in [-0.2, 0) is 13.1 Å². The van der Waals surface area contributed by atoms with Crippen molar-refractivity contribution in [2.45, 2.75) is 66.2 Å². The first-order valence-corrected chi connectivity index (χ1v) is 7.90. The molecule has 0 saturated carbocycles. The molecule has 0 fully saturated rings. The number of rotatable bonds is 8. The lowest BCUT2D eigenvalue weighted by Gasteiger charge is -2.27. The van der Waals surface area contributed by atoms with E-state index in [1.165, 1.54) is 17.5 Å². The molecule has 1 atom stereocenters. The predicted octanol–water partition coefficient (Wildman–Crippen LogP) is 4.05. The van der Waals surface area contributed by atoms with Crippen LogP contribution in [0.4, 0.5) is 0 Å². The van der Waals surface area contributed by atoms with Gasteiger partial charge in [0.25, 0.3) is 0 Å². The van der Waals surface area contributed by atoms with Crippen LogP contribution in [0.3, 0.4) is 0 Å². The normalized spacial score (nSPS) is 13.4. The standard InChI is InChI=1S/C18H32N2/c1-14(2)11-16(5)20(6)13-18-10-8-7-9-17(18)12-19-15(3)4/h7-10,14-16,19H,11-13H2,1-6H3. The van der Waals surface area contributed by atoms with Crippen molar-refractivity contribution >= 4 is 0 Å². The van der Waals surface area contributed by atoms with E-state index in [4.69, 9.17) is 0 Å². The zero-order valence-corrected chi connectivity index (χ0v) is 14.1. The van der Waals surface area contributed by atoms with E-state index in [0.29, 0.717) is 12.1 Å². The van der Waals surface area contributed by atoms with Crippen LogP contribution >= 0.6 is 0 Å². The van der Waals surface area contributed by atoms with Gasteiger partial charge in [0, 0.05) is 25.2 Å². The molecule has 0 radical (unpaired) electrons. The van der Waals surface area contributed by atoms with Gasteiger partial charge in [-0.25, -0.2) is 0 Å².